The van der Waals surface area contributed by atoms with Gasteiger partial charge < -0.3 is 5.21 Å². The van der Waals surface area contributed by atoms with Crippen LogP contribution in [0.1, 0.15) is 10.4 Å². The maximum absolute atomic E-state index is 10.6. The summed E-state index contributed by atoms with van der Waals surface area (Å²) < 4.78 is 0.993. The van der Waals surface area contributed by atoms with Crippen LogP contribution in [-0.2, 0) is 0 Å². The minimum absolute atomic E-state index is 0.138. The van der Waals surface area contributed by atoms with Gasteiger partial charge in [0, 0.05) is 5.39 Å². The third kappa shape index (κ3) is 1.20. The summed E-state index contributed by atoms with van der Waals surface area (Å²) in [7, 11) is 0. The molecule has 1 heterocycles. The van der Waals surface area contributed by atoms with E-state index in [1.165, 1.54) is 0 Å². The molecular weight excluding hydrogens is 198 g/mol. The lowest BCUT2D eigenvalue weighted by atomic mass is 10.2. The number of pyridine rings is 1. The molecule has 2 rings (SSSR count). The average molecular weight is 205 g/mol. The average Bonchev–Trinajstić information content (AvgIpc) is 2.23. The van der Waals surface area contributed by atoms with Gasteiger partial charge >= 0.3 is 0 Å². The zero-order valence-corrected chi connectivity index (χ0v) is 7.99. The number of benzene rings is 1. The summed E-state index contributed by atoms with van der Waals surface area (Å²) in [5, 5.41) is 10.4. The van der Waals surface area contributed by atoms with E-state index in [0.29, 0.717) is 17.4 Å². The molecule has 3 nitrogen and oxygen atoms in total. The summed E-state index contributed by atoms with van der Waals surface area (Å²) in [4.78, 5) is 10.6. The van der Waals surface area contributed by atoms with E-state index >= 15 is 0 Å². The first-order valence-electron chi connectivity index (χ1n) is 4.03. The summed E-state index contributed by atoms with van der Waals surface area (Å²) in [5.41, 5.74) is 0.921. The molecule has 1 N–H and O–H groups in total. The Kier molecular flexibility index (Phi) is 2.05. The first kappa shape index (κ1) is 8.90. The van der Waals surface area contributed by atoms with E-state index in [2.05, 4.69) is 0 Å². The number of rotatable bonds is 1. The quantitative estimate of drug-likeness (QED) is 0.441. The normalized spacial score (nSPS) is 10.3. The summed E-state index contributed by atoms with van der Waals surface area (Å²) >= 11 is 4.90. The van der Waals surface area contributed by atoms with E-state index in [1.807, 2.05) is 12.1 Å². The number of fused-ring (bicyclic) bond motifs is 1. The van der Waals surface area contributed by atoms with Crippen molar-refractivity contribution in [2.45, 2.75) is 0 Å². The van der Waals surface area contributed by atoms with Crippen LogP contribution in [0.5, 0.6) is 0 Å². The summed E-state index contributed by atoms with van der Waals surface area (Å²) in [5.74, 6) is 0. The second-order valence-corrected chi connectivity index (χ2v) is 3.28. The first-order chi connectivity index (χ1) is 6.74. The molecule has 0 amide bonds. The SMILES string of the molecule is O=Cc1cc2ccccc2n(O)c1=S. The third-order valence-electron chi connectivity index (χ3n) is 2.04. The molecule has 1 aromatic carbocycles. The highest BCUT2D eigenvalue weighted by Gasteiger charge is 2.03. The lowest BCUT2D eigenvalue weighted by Gasteiger charge is -2.04. The Morgan fingerprint density at radius 1 is 1.36 bits per heavy atom. The fourth-order valence-corrected chi connectivity index (χ4v) is 1.55. The van der Waals surface area contributed by atoms with Gasteiger partial charge in [0.2, 0.25) is 0 Å². The van der Waals surface area contributed by atoms with Gasteiger partial charge in [-0.15, -0.1) is 0 Å². The first-order valence-corrected chi connectivity index (χ1v) is 4.44. The third-order valence-corrected chi connectivity index (χ3v) is 2.45. The van der Waals surface area contributed by atoms with Crippen molar-refractivity contribution >= 4 is 29.4 Å². The molecular formula is C10H7NO2S. The van der Waals surface area contributed by atoms with E-state index in [4.69, 9.17) is 12.2 Å². The van der Waals surface area contributed by atoms with E-state index in [0.717, 1.165) is 10.1 Å². The van der Waals surface area contributed by atoms with Crippen LogP contribution in [0.4, 0.5) is 0 Å². The van der Waals surface area contributed by atoms with Crippen molar-refractivity contribution in [2.24, 2.45) is 0 Å². The highest BCUT2D eigenvalue weighted by atomic mass is 32.1. The number of aromatic nitrogens is 1. The van der Waals surface area contributed by atoms with Gasteiger partial charge in [-0.05, 0) is 12.1 Å². The van der Waals surface area contributed by atoms with Crippen molar-refractivity contribution in [1.29, 1.82) is 0 Å². The molecule has 0 spiro atoms. The Hall–Kier alpha value is -1.68. The van der Waals surface area contributed by atoms with Gasteiger partial charge in [0.05, 0.1) is 11.1 Å². The molecule has 1 aromatic heterocycles. The maximum Gasteiger partial charge on any atom is 0.153 e. The second-order valence-electron chi connectivity index (χ2n) is 2.89. The van der Waals surface area contributed by atoms with Crippen molar-refractivity contribution in [2.75, 3.05) is 0 Å². The highest BCUT2D eigenvalue weighted by molar-refractivity contribution is 7.71. The number of hydrogen-bond acceptors (Lipinski definition) is 3. The lowest BCUT2D eigenvalue weighted by molar-refractivity contribution is 0.111. The van der Waals surface area contributed by atoms with Gasteiger partial charge in [-0.2, -0.15) is 4.73 Å². The molecule has 0 saturated carbocycles. The number of carbonyl (C=O) groups is 1. The van der Waals surface area contributed by atoms with Gasteiger partial charge in [0.25, 0.3) is 0 Å². The summed E-state index contributed by atoms with van der Waals surface area (Å²) in [6, 6.07) is 8.84. The minimum atomic E-state index is 0.138. The lowest BCUT2D eigenvalue weighted by Crippen LogP contribution is -1.99. The summed E-state index contributed by atoms with van der Waals surface area (Å²) in [6.45, 7) is 0. The summed E-state index contributed by atoms with van der Waals surface area (Å²) in [6.07, 6.45) is 0.640. The molecule has 4 heteroatoms. The van der Waals surface area contributed by atoms with Crippen LogP contribution in [0.25, 0.3) is 10.9 Å². The number of carbonyl (C=O) groups excluding carboxylic acids is 1. The Morgan fingerprint density at radius 3 is 2.79 bits per heavy atom. The molecule has 0 unspecified atom stereocenters. The van der Waals surface area contributed by atoms with Crippen LogP contribution in [0.3, 0.4) is 0 Å². The molecule has 0 aliphatic carbocycles. The predicted octanol–water partition coefficient (Wildman–Crippen LogP) is 2.42. The Labute approximate surface area is 85.2 Å². The smallest absolute Gasteiger partial charge is 0.153 e. The molecule has 2 aromatic rings. The number of para-hydroxylation sites is 1. The molecule has 0 aliphatic heterocycles. The number of nitrogens with zero attached hydrogens (tertiary/aromatic N) is 1. The van der Waals surface area contributed by atoms with E-state index in [-0.39, 0.29) is 4.64 Å². The van der Waals surface area contributed by atoms with Crippen molar-refractivity contribution in [3.63, 3.8) is 0 Å². The van der Waals surface area contributed by atoms with Crippen molar-refractivity contribution in [3.05, 3.63) is 40.5 Å². The standard InChI is InChI=1S/C10H7NO2S/c12-6-8-5-7-3-1-2-4-9(7)11(13)10(8)14/h1-6,13H. The molecule has 0 aliphatic rings. The van der Waals surface area contributed by atoms with Gasteiger partial charge in [-0.1, -0.05) is 30.4 Å². The van der Waals surface area contributed by atoms with Gasteiger partial charge in [0.15, 0.2) is 10.9 Å². The van der Waals surface area contributed by atoms with E-state index in [1.54, 1.807) is 18.2 Å². The fourth-order valence-electron chi connectivity index (χ4n) is 1.35. The number of aldehydes is 1. The molecule has 0 saturated heterocycles. The zero-order valence-electron chi connectivity index (χ0n) is 7.18. The Bertz CT molecular complexity index is 560. The topological polar surface area (TPSA) is 42.2 Å². The van der Waals surface area contributed by atoms with Crippen LogP contribution >= 0.6 is 12.2 Å². The Morgan fingerprint density at radius 2 is 2.07 bits per heavy atom. The maximum atomic E-state index is 10.6. The van der Waals surface area contributed by atoms with Crippen molar-refractivity contribution in [1.82, 2.24) is 4.73 Å². The second kappa shape index (κ2) is 3.23. The van der Waals surface area contributed by atoms with Crippen molar-refractivity contribution in [3.8, 4) is 0 Å². The molecule has 0 atom stereocenters. The van der Waals surface area contributed by atoms with Crippen LogP contribution in [-0.4, -0.2) is 16.2 Å². The number of hydrogen-bond donors (Lipinski definition) is 1. The van der Waals surface area contributed by atoms with Crippen LogP contribution in [0.2, 0.25) is 0 Å². The van der Waals surface area contributed by atoms with Gasteiger partial charge in [0.1, 0.15) is 0 Å². The fraction of sp³-hybridized carbons (Fsp3) is 0. The monoisotopic (exact) mass is 205 g/mol. The van der Waals surface area contributed by atoms with Gasteiger partial charge in [-0.25, -0.2) is 0 Å². The molecule has 70 valence electrons. The molecule has 0 bridgehead atoms. The zero-order chi connectivity index (χ0) is 10.1. The van der Waals surface area contributed by atoms with Crippen LogP contribution in [0.15, 0.2) is 30.3 Å². The highest BCUT2D eigenvalue weighted by Crippen LogP contribution is 2.15. The molecule has 14 heavy (non-hydrogen) atoms. The van der Waals surface area contributed by atoms with Crippen molar-refractivity contribution < 1.29 is 10.0 Å². The largest absolute Gasteiger partial charge is 0.427 e. The van der Waals surface area contributed by atoms with Gasteiger partial charge in [-0.3, -0.25) is 4.79 Å². The van der Waals surface area contributed by atoms with Crippen LogP contribution in [0, 0.1) is 4.64 Å². The van der Waals surface area contributed by atoms with E-state index < -0.39 is 0 Å². The Balaban J connectivity index is 2.99. The molecule has 0 fully saturated rings. The van der Waals surface area contributed by atoms with Crippen LogP contribution < -0.4 is 0 Å². The van der Waals surface area contributed by atoms with E-state index in [9.17, 15) is 10.0 Å². The predicted molar refractivity (Wildman–Crippen MR) is 55.3 cm³/mol. The molecule has 0 radical (unpaired) electrons. The minimum Gasteiger partial charge on any atom is -0.427 e.